The number of carbonyl (C=O) groups excluding carboxylic acids is 1. The summed E-state index contributed by atoms with van der Waals surface area (Å²) < 4.78 is 5.76. The van der Waals surface area contributed by atoms with Crippen LogP contribution in [-0.2, 0) is 4.79 Å². The lowest BCUT2D eigenvalue weighted by molar-refractivity contribution is -0.114. The van der Waals surface area contributed by atoms with Crippen molar-refractivity contribution in [3.8, 4) is 5.75 Å². The van der Waals surface area contributed by atoms with Gasteiger partial charge in [-0.15, -0.1) is 0 Å². The number of para-hydroxylation sites is 2. The molecule has 3 rings (SSSR count). The Balaban J connectivity index is 1.83. The Morgan fingerprint density at radius 2 is 1.86 bits per heavy atom. The summed E-state index contributed by atoms with van der Waals surface area (Å²) >= 11 is 0. The number of rotatable bonds is 2. The SMILES string of the molecule is CC1CN(C(=O)/C=C/c2ccccc2)c2ccccc2O1. The molecular formula is C18H17NO2. The van der Waals surface area contributed by atoms with Crippen molar-refractivity contribution in [2.45, 2.75) is 13.0 Å². The third-order valence-corrected chi connectivity index (χ3v) is 3.41. The van der Waals surface area contributed by atoms with Crippen LogP contribution in [0.25, 0.3) is 6.08 Å². The standard InChI is InChI=1S/C18H17NO2/c1-14-13-19(16-9-5-6-10-17(16)21-14)18(20)12-11-15-7-3-2-4-8-15/h2-12,14H,13H2,1H3/b12-11+. The van der Waals surface area contributed by atoms with Crippen LogP contribution >= 0.6 is 0 Å². The van der Waals surface area contributed by atoms with Gasteiger partial charge < -0.3 is 9.64 Å². The summed E-state index contributed by atoms with van der Waals surface area (Å²) in [7, 11) is 0. The van der Waals surface area contributed by atoms with Gasteiger partial charge in [-0.05, 0) is 30.7 Å². The van der Waals surface area contributed by atoms with Crippen LogP contribution in [0.2, 0.25) is 0 Å². The van der Waals surface area contributed by atoms with Crippen molar-refractivity contribution >= 4 is 17.7 Å². The van der Waals surface area contributed by atoms with Crippen molar-refractivity contribution in [1.82, 2.24) is 0 Å². The normalized spacial score (nSPS) is 17.4. The highest BCUT2D eigenvalue weighted by molar-refractivity contribution is 6.05. The zero-order valence-corrected chi connectivity index (χ0v) is 11.9. The maximum atomic E-state index is 12.5. The van der Waals surface area contributed by atoms with E-state index in [0.717, 1.165) is 17.0 Å². The highest BCUT2D eigenvalue weighted by Gasteiger charge is 2.25. The van der Waals surface area contributed by atoms with Crippen LogP contribution in [0.5, 0.6) is 5.75 Å². The van der Waals surface area contributed by atoms with Crippen LogP contribution in [0.4, 0.5) is 5.69 Å². The number of hydrogen-bond donors (Lipinski definition) is 0. The fourth-order valence-electron chi connectivity index (χ4n) is 2.42. The second-order valence-electron chi connectivity index (χ2n) is 5.09. The van der Waals surface area contributed by atoms with Crippen LogP contribution in [0.3, 0.4) is 0 Å². The van der Waals surface area contributed by atoms with Gasteiger partial charge >= 0.3 is 0 Å². The van der Waals surface area contributed by atoms with Gasteiger partial charge in [0.05, 0.1) is 12.2 Å². The molecule has 0 aromatic heterocycles. The maximum absolute atomic E-state index is 12.5. The summed E-state index contributed by atoms with van der Waals surface area (Å²) in [5, 5.41) is 0. The van der Waals surface area contributed by atoms with Crippen LogP contribution < -0.4 is 9.64 Å². The van der Waals surface area contributed by atoms with Crippen molar-refractivity contribution in [2.24, 2.45) is 0 Å². The average Bonchev–Trinajstić information content (AvgIpc) is 2.52. The predicted octanol–water partition coefficient (Wildman–Crippen LogP) is 3.51. The fourth-order valence-corrected chi connectivity index (χ4v) is 2.42. The number of fused-ring (bicyclic) bond motifs is 1. The molecule has 0 spiro atoms. The van der Waals surface area contributed by atoms with Crippen LogP contribution in [0.15, 0.2) is 60.7 Å². The third-order valence-electron chi connectivity index (χ3n) is 3.41. The lowest BCUT2D eigenvalue weighted by atomic mass is 10.1. The van der Waals surface area contributed by atoms with E-state index in [2.05, 4.69) is 0 Å². The lowest BCUT2D eigenvalue weighted by Gasteiger charge is -2.32. The van der Waals surface area contributed by atoms with Gasteiger partial charge in [-0.25, -0.2) is 0 Å². The Labute approximate surface area is 124 Å². The molecule has 2 aromatic rings. The molecule has 0 radical (unpaired) electrons. The zero-order chi connectivity index (χ0) is 14.7. The van der Waals surface area contributed by atoms with E-state index in [4.69, 9.17) is 4.74 Å². The monoisotopic (exact) mass is 279 g/mol. The molecule has 1 aliphatic heterocycles. The quantitative estimate of drug-likeness (QED) is 0.787. The summed E-state index contributed by atoms with van der Waals surface area (Å²) in [4.78, 5) is 14.2. The highest BCUT2D eigenvalue weighted by atomic mass is 16.5. The molecule has 1 atom stereocenters. The van der Waals surface area contributed by atoms with E-state index in [0.29, 0.717) is 6.54 Å². The number of carbonyl (C=O) groups is 1. The smallest absolute Gasteiger partial charge is 0.251 e. The topological polar surface area (TPSA) is 29.5 Å². The lowest BCUT2D eigenvalue weighted by Crippen LogP contribution is -2.41. The first-order valence-electron chi connectivity index (χ1n) is 7.04. The van der Waals surface area contributed by atoms with Gasteiger partial charge in [0.15, 0.2) is 0 Å². The van der Waals surface area contributed by atoms with Gasteiger partial charge in [-0.1, -0.05) is 42.5 Å². The number of ether oxygens (including phenoxy) is 1. The van der Waals surface area contributed by atoms with Crippen LogP contribution in [0.1, 0.15) is 12.5 Å². The summed E-state index contributed by atoms with van der Waals surface area (Å²) in [5.74, 6) is 0.735. The molecule has 106 valence electrons. The van der Waals surface area contributed by atoms with Gasteiger partial charge in [0, 0.05) is 6.08 Å². The van der Waals surface area contributed by atoms with E-state index in [1.165, 1.54) is 0 Å². The minimum absolute atomic E-state index is 0.00558. The summed E-state index contributed by atoms with van der Waals surface area (Å²) in [6.45, 7) is 2.53. The Kier molecular flexibility index (Phi) is 3.73. The molecule has 3 nitrogen and oxygen atoms in total. The molecule has 0 bridgehead atoms. The van der Waals surface area contributed by atoms with E-state index in [9.17, 15) is 4.79 Å². The largest absolute Gasteiger partial charge is 0.487 e. The predicted molar refractivity (Wildman–Crippen MR) is 84.4 cm³/mol. The number of anilines is 1. The summed E-state index contributed by atoms with van der Waals surface area (Å²) in [6, 6.07) is 17.4. The van der Waals surface area contributed by atoms with Crippen molar-refractivity contribution < 1.29 is 9.53 Å². The first-order valence-corrected chi connectivity index (χ1v) is 7.04. The molecule has 0 saturated carbocycles. The van der Waals surface area contributed by atoms with Crippen molar-refractivity contribution in [3.63, 3.8) is 0 Å². The molecule has 2 aromatic carbocycles. The summed E-state index contributed by atoms with van der Waals surface area (Å²) in [5.41, 5.74) is 1.85. The van der Waals surface area contributed by atoms with Gasteiger partial charge in [-0.3, -0.25) is 4.79 Å². The molecule has 1 heterocycles. The zero-order valence-electron chi connectivity index (χ0n) is 11.9. The Hall–Kier alpha value is -2.55. The molecule has 0 N–H and O–H groups in total. The van der Waals surface area contributed by atoms with Crippen molar-refractivity contribution in [3.05, 3.63) is 66.2 Å². The molecule has 1 amide bonds. The second-order valence-corrected chi connectivity index (χ2v) is 5.09. The van der Waals surface area contributed by atoms with Crippen molar-refractivity contribution in [2.75, 3.05) is 11.4 Å². The molecule has 0 saturated heterocycles. The molecule has 0 aliphatic carbocycles. The van der Waals surface area contributed by atoms with Gasteiger partial charge in [0.1, 0.15) is 11.9 Å². The average molecular weight is 279 g/mol. The molecule has 3 heteroatoms. The first-order chi connectivity index (χ1) is 10.2. The summed E-state index contributed by atoms with van der Waals surface area (Å²) in [6.07, 6.45) is 3.45. The van der Waals surface area contributed by atoms with Crippen molar-refractivity contribution in [1.29, 1.82) is 0 Å². The molecule has 1 aliphatic rings. The van der Waals surface area contributed by atoms with E-state index in [1.807, 2.05) is 67.6 Å². The van der Waals surface area contributed by atoms with E-state index in [-0.39, 0.29) is 12.0 Å². The fraction of sp³-hybridized carbons (Fsp3) is 0.167. The third kappa shape index (κ3) is 2.97. The van der Waals surface area contributed by atoms with E-state index >= 15 is 0 Å². The molecule has 21 heavy (non-hydrogen) atoms. The Bertz CT molecular complexity index is 664. The molecule has 1 unspecified atom stereocenters. The number of nitrogens with zero attached hydrogens (tertiary/aromatic N) is 1. The Morgan fingerprint density at radius 1 is 1.14 bits per heavy atom. The Morgan fingerprint density at radius 3 is 2.67 bits per heavy atom. The van der Waals surface area contributed by atoms with Crippen LogP contribution in [-0.4, -0.2) is 18.6 Å². The van der Waals surface area contributed by atoms with Gasteiger partial charge in [0.25, 0.3) is 5.91 Å². The highest BCUT2D eigenvalue weighted by Crippen LogP contribution is 2.33. The molecular weight excluding hydrogens is 262 g/mol. The second kappa shape index (κ2) is 5.83. The molecule has 0 fully saturated rings. The minimum atomic E-state index is -0.0264. The number of hydrogen-bond acceptors (Lipinski definition) is 2. The van der Waals surface area contributed by atoms with Gasteiger partial charge in [0.2, 0.25) is 0 Å². The van der Waals surface area contributed by atoms with E-state index < -0.39 is 0 Å². The first kappa shape index (κ1) is 13.4. The number of benzene rings is 2. The maximum Gasteiger partial charge on any atom is 0.251 e. The number of amides is 1. The van der Waals surface area contributed by atoms with Gasteiger partial charge in [-0.2, -0.15) is 0 Å². The van der Waals surface area contributed by atoms with Crippen LogP contribution in [0, 0.1) is 0 Å². The van der Waals surface area contributed by atoms with E-state index in [1.54, 1.807) is 11.0 Å². The minimum Gasteiger partial charge on any atom is -0.487 e.